The Labute approximate surface area is 259 Å². The summed E-state index contributed by atoms with van der Waals surface area (Å²) in [5.41, 5.74) is 5.91. The fourth-order valence-electron chi connectivity index (χ4n) is 5.94. The van der Waals surface area contributed by atoms with E-state index in [2.05, 4.69) is 69.1 Å². The SMILES string of the molecule is [2H]c1c([2H])c([2H])c(-c2nc(-c3ccccc3)nc(-c3ccc4oc5cc(-n6c7ccccc7c7ccccc76)ccc5c4c3)n2)c([2H])c1[2H]. The number of para-hydroxylation sites is 2. The van der Waals surface area contributed by atoms with Gasteiger partial charge in [-0.05, 0) is 42.5 Å². The number of hydrogen-bond donors (Lipinski definition) is 0. The molecule has 0 aliphatic rings. The van der Waals surface area contributed by atoms with Crippen molar-refractivity contribution in [1.82, 2.24) is 19.5 Å². The molecule has 0 N–H and O–H groups in total. The van der Waals surface area contributed by atoms with E-state index >= 15 is 0 Å². The molecule has 9 aromatic rings. The van der Waals surface area contributed by atoms with Crippen LogP contribution in [0, 0.1) is 0 Å². The normalized spacial score (nSPS) is 13.2. The molecule has 0 saturated heterocycles. The van der Waals surface area contributed by atoms with Crippen molar-refractivity contribution in [3.8, 4) is 39.9 Å². The largest absolute Gasteiger partial charge is 0.456 e. The van der Waals surface area contributed by atoms with Crippen LogP contribution in [0.3, 0.4) is 0 Å². The fraction of sp³-hybridized carbons (Fsp3) is 0. The van der Waals surface area contributed by atoms with Gasteiger partial charge in [0, 0.05) is 50.0 Å². The molecular formula is C39H24N4O. The van der Waals surface area contributed by atoms with E-state index in [1.54, 1.807) is 0 Å². The van der Waals surface area contributed by atoms with Gasteiger partial charge in [-0.2, -0.15) is 0 Å². The number of aromatic nitrogens is 4. The Morgan fingerprint density at radius 3 is 1.84 bits per heavy atom. The Morgan fingerprint density at radius 1 is 0.477 bits per heavy atom. The lowest BCUT2D eigenvalue weighted by Crippen LogP contribution is -2.00. The predicted molar refractivity (Wildman–Crippen MR) is 178 cm³/mol. The summed E-state index contributed by atoms with van der Waals surface area (Å²) < 4.78 is 50.3. The zero-order valence-electron chi connectivity index (χ0n) is 28.2. The van der Waals surface area contributed by atoms with Crippen molar-refractivity contribution in [2.45, 2.75) is 0 Å². The molecule has 6 aromatic carbocycles. The second kappa shape index (κ2) is 9.75. The molecule has 0 radical (unpaired) electrons. The van der Waals surface area contributed by atoms with Crippen molar-refractivity contribution >= 4 is 43.7 Å². The van der Waals surface area contributed by atoms with Crippen LogP contribution in [0.2, 0.25) is 0 Å². The van der Waals surface area contributed by atoms with E-state index in [4.69, 9.17) is 16.3 Å². The van der Waals surface area contributed by atoms with Crippen LogP contribution in [0.4, 0.5) is 0 Å². The Hall–Kier alpha value is -6.07. The van der Waals surface area contributed by atoms with Crippen LogP contribution >= 0.6 is 0 Å². The molecule has 0 aliphatic carbocycles. The first kappa shape index (κ1) is 19.9. The van der Waals surface area contributed by atoms with Gasteiger partial charge in [0.25, 0.3) is 0 Å². The number of nitrogens with zero attached hydrogens (tertiary/aromatic N) is 4. The third kappa shape index (κ3) is 3.91. The summed E-state index contributed by atoms with van der Waals surface area (Å²) in [4.78, 5) is 14.1. The number of hydrogen-bond acceptors (Lipinski definition) is 4. The van der Waals surface area contributed by atoms with Crippen molar-refractivity contribution in [1.29, 1.82) is 0 Å². The quantitative estimate of drug-likeness (QED) is 0.212. The van der Waals surface area contributed by atoms with Gasteiger partial charge in [-0.1, -0.05) is 96.9 Å². The monoisotopic (exact) mass is 569 g/mol. The van der Waals surface area contributed by atoms with Crippen LogP contribution in [0.25, 0.3) is 83.6 Å². The molecule has 0 atom stereocenters. The first-order chi connectivity index (χ1) is 23.9. The molecule has 44 heavy (non-hydrogen) atoms. The number of fused-ring (bicyclic) bond motifs is 6. The van der Waals surface area contributed by atoms with E-state index in [-0.39, 0.29) is 23.5 Å². The maximum Gasteiger partial charge on any atom is 0.164 e. The average molecular weight is 570 g/mol. The molecule has 0 aliphatic heterocycles. The van der Waals surface area contributed by atoms with Crippen molar-refractivity contribution < 1.29 is 11.3 Å². The van der Waals surface area contributed by atoms with Crippen molar-refractivity contribution in [3.63, 3.8) is 0 Å². The Kier molecular flexibility index (Phi) is 4.42. The second-order valence-electron chi connectivity index (χ2n) is 10.5. The van der Waals surface area contributed by atoms with E-state index in [9.17, 15) is 0 Å². The molecule has 3 heterocycles. The first-order valence-electron chi connectivity index (χ1n) is 16.7. The van der Waals surface area contributed by atoms with Gasteiger partial charge in [-0.15, -0.1) is 0 Å². The molecule has 0 saturated carbocycles. The summed E-state index contributed by atoms with van der Waals surface area (Å²) in [7, 11) is 0. The highest BCUT2D eigenvalue weighted by atomic mass is 16.3. The van der Waals surface area contributed by atoms with Crippen molar-refractivity contribution in [3.05, 3.63) is 145 Å². The minimum absolute atomic E-state index is 0.00572. The fourth-order valence-corrected chi connectivity index (χ4v) is 5.94. The van der Waals surface area contributed by atoms with E-state index in [0.717, 1.165) is 33.1 Å². The molecule has 3 aromatic heterocycles. The summed E-state index contributed by atoms with van der Waals surface area (Å²) in [5, 5.41) is 4.15. The molecule has 5 nitrogen and oxygen atoms in total. The molecule has 0 spiro atoms. The van der Waals surface area contributed by atoms with E-state index in [1.165, 1.54) is 10.8 Å². The standard InChI is InChI=1S/C39H24N4O/c1-3-11-25(12-4-1)37-40-38(26-13-5-2-6-14-26)42-39(41-37)27-19-22-35-32(23-27)31-21-20-28(24-36(31)44-35)43-33-17-9-7-15-29(33)30-16-8-10-18-34(30)43/h1-24H/i1D,3D,4D,11D,12D. The van der Waals surface area contributed by atoms with E-state index < -0.39 is 18.1 Å². The Morgan fingerprint density at radius 2 is 1.11 bits per heavy atom. The average Bonchev–Trinajstić information content (AvgIpc) is 3.68. The van der Waals surface area contributed by atoms with Gasteiger partial charge in [0.15, 0.2) is 17.5 Å². The van der Waals surface area contributed by atoms with Crippen LogP contribution in [0.15, 0.2) is 150 Å². The van der Waals surface area contributed by atoms with Gasteiger partial charge in [-0.3, -0.25) is 0 Å². The highest BCUT2D eigenvalue weighted by Crippen LogP contribution is 2.36. The molecule has 9 rings (SSSR count). The molecule has 0 bridgehead atoms. The molecular weight excluding hydrogens is 540 g/mol. The summed E-state index contributed by atoms with van der Waals surface area (Å²) >= 11 is 0. The Balaban J connectivity index is 1.22. The Bertz CT molecular complexity index is 2710. The van der Waals surface area contributed by atoms with Gasteiger partial charge in [0.05, 0.1) is 17.9 Å². The highest BCUT2D eigenvalue weighted by Gasteiger charge is 2.16. The lowest BCUT2D eigenvalue weighted by Gasteiger charge is -2.08. The minimum Gasteiger partial charge on any atom is -0.456 e. The maximum atomic E-state index is 8.57. The third-order valence-electron chi connectivity index (χ3n) is 7.94. The zero-order chi connectivity index (χ0) is 33.4. The summed E-state index contributed by atoms with van der Waals surface area (Å²) in [5.74, 6) is 0.614. The minimum atomic E-state index is -0.477. The third-order valence-corrected chi connectivity index (χ3v) is 7.94. The lowest BCUT2D eigenvalue weighted by molar-refractivity contribution is 0.668. The van der Waals surface area contributed by atoms with Gasteiger partial charge < -0.3 is 8.98 Å². The van der Waals surface area contributed by atoms with Gasteiger partial charge in [0.1, 0.15) is 11.2 Å². The zero-order valence-corrected chi connectivity index (χ0v) is 23.2. The predicted octanol–water partition coefficient (Wildman–Crippen LogP) is 9.87. The number of furan rings is 1. The second-order valence-corrected chi connectivity index (χ2v) is 10.5. The summed E-state index contributed by atoms with van der Waals surface area (Å²) in [6.45, 7) is 0. The number of rotatable bonds is 4. The van der Waals surface area contributed by atoms with Gasteiger partial charge in [0.2, 0.25) is 0 Å². The molecule has 5 heteroatoms. The first-order valence-corrected chi connectivity index (χ1v) is 14.2. The van der Waals surface area contributed by atoms with Crippen LogP contribution in [0.5, 0.6) is 0 Å². The molecule has 0 fully saturated rings. The lowest BCUT2D eigenvalue weighted by atomic mass is 10.1. The van der Waals surface area contributed by atoms with Gasteiger partial charge >= 0.3 is 0 Å². The van der Waals surface area contributed by atoms with Crippen molar-refractivity contribution in [2.24, 2.45) is 0 Å². The smallest absolute Gasteiger partial charge is 0.164 e. The number of benzene rings is 6. The maximum absolute atomic E-state index is 8.57. The topological polar surface area (TPSA) is 56.7 Å². The molecule has 0 amide bonds. The van der Waals surface area contributed by atoms with E-state index in [1.807, 2.05) is 60.7 Å². The molecule has 206 valence electrons. The van der Waals surface area contributed by atoms with E-state index in [0.29, 0.717) is 28.4 Å². The van der Waals surface area contributed by atoms with Crippen LogP contribution in [0.1, 0.15) is 6.85 Å². The summed E-state index contributed by atoms with van der Waals surface area (Å²) in [6, 6.07) is 35.8. The highest BCUT2D eigenvalue weighted by molar-refractivity contribution is 6.10. The van der Waals surface area contributed by atoms with Gasteiger partial charge in [-0.25, -0.2) is 15.0 Å². The molecule has 0 unspecified atom stereocenters. The van der Waals surface area contributed by atoms with Crippen LogP contribution in [-0.4, -0.2) is 19.5 Å². The summed E-state index contributed by atoms with van der Waals surface area (Å²) in [6.07, 6.45) is 0. The van der Waals surface area contributed by atoms with Crippen molar-refractivity contribution in [2.75, 3.05) is 0 Å². The van der Waals surface area contributed by atoms with Crippen LogP contribution < -0.4 is 0 Å². The van der Waals surface area contributed by atoms with Crippen LogP contribution in [-0.2, 0) is 0 Å².